The average molecular weight is 248 g/mol. The first kappa shape index (κ1) is 12.3. The predicted molar refractivity (Wildman–Crippen MR) is 62.7 cm³/mol. The lowest BCUT2D eigenvalue weighted by molar-refractivity contribution is -0.135. The molecule has 0 spiro atoms. The highest BCUT2D eigenvalue weighted by Crippen LogP contribution is 2.20. The molecule has 1 fully saturated rings. The van der Waals surface area contributed by atoms with Crippen molar-refractivity contribution in [2.75, 3.05) is 18.1 Å². The average Bonchev–Trinajstić information content (AvgIpc) is 2.35. The van der Waals surface area contributed by atoms with E-state index in [0.29, 0.717) is 5.69 Å². The molecule has 0 unspecified atom stereocenters. The van der Waals surface area contributed by atoms with Gasteiger partial charge < -0.3 is 5.11 Å². The van der Waals surface area contributed by atoms with Gasteiger partial charge in [-0.1, -0.05) is 18.2 Å². The van der Waals surface area contributed by atoms with E-state index < -0.39 is 17.8 Å². The Balaban J connectivity index is 2.32. The zero-order chi connectivity index (χ0) is 13.1. The van der Waals surface area contributed by atoms with Crippen LogP contribution in [0.4, 0.5) is 10.5 Å². The summed E-state index contributed by atoms with van der Waals surface area (Å²) in [5.74, 6) is -1.13. The van der Waals surface area contributed by atoms with Gasteiger partial charge >= 0.3 is 6.03 Å². The van der Waals surface area contributed by atoms with E-state index in [1.165, 1.54) is 0 Å². The number of anilines is 1. The van der Waals surface area contributed by atoms with Crippen LogP contribution in [-0.4, -0.2) is 41.0 Å². The standard InChI is InChI=1S/C12H12N2O4/c15-7-6-13-10(16)8-11(17)14(12(13)18)9-4-2-1-3-5-9/h1-5,15H,6-8H2. The fourth-order valence-corrected chi connectivity index (χ4v) is 1.79. The van der Waals surface area contributed by atoms with Gasteiger partial charge in [0.05, 0.1) is 18.8 Å². The summed E-state index contributed by atoms with van der Waals surface area (Å²) >= 11 is 0. The number of β-amino-alcohol motifs (C(OH)–C–C–N with tert-alkyl or cyclic N) is 1. The minimum Gasteiger partial charge on any atom is -0.395 e. The molecule has 4 amide bonds. The van der Waals surface area contributed by atoms with Crippen LogP contribution in [0, 0.1) is 0 Å². The number of amides is 4. The van der Waals surface area contributed by atoms with E-state index in [-0.39, 0.29) is 19.6 Å². The minimum atomic E-state index is -0.712. The minimum absolute atomic E-state index is 0.103. The summed E-state index contributed by atoms with van der Waals surface area (Å²) in [6.07, 6.45) is -0.360. The number of barbiturate groups is 1. The molecule has 1 aromatic carbocycles. The van der Waals surface area contributed by atoms with Crippen LogP contribution in [-0.2, 0) is 9.59 Å². The molecule has 94 valence electrons. The molecule has 2 rings (SSSR count). The molecule has 0 saturated carbocycles. The third-order valence-electron chi connectivity index (χ3n) is 2.61. The number of imide groups is 2. The summed E-state index contributed by atoms with van der Waals surface area (Å²) in [5.41, 5.74) is 0.419. The Bertz CT molecular complexity index is 486. The largest absolute Gasteiger partial charge is 0.395 e. The first-order chi connectivity index (χ1) is 8.65. The highest BCUT2D eigenvalue weighted by Gasteiger charge is 2.38. The number of hydrogen-bond acceptors (Lipinski definition) is 4. The maximum absolute atomic E-state index is 12.0. The third-order valence-corrected chi connectivity index (χ3v) is 2.61. The molecule has 1 N–H and O–H groups in total. The van der Waals surface area contributed by atoms with E-state index in [9.17, 15) is 14.4 Å². The molecule has 1 aliphatic heterocycles. The van der Waals surface area contributed by atoms with E-state index in [0.717, 1.165) is 9.80 Å². The molecule has 0 atom stereocenters. The van der Waals surface area contributed by atoms with Crippen LogP contribution in [0.1, 0.15) is 6.42 Å². The molecule has 1 saturated heterocycles. The van der Waals surface area contributed by atoms with E-state index in [1.807, 2.05) is 0 Å². The first-order valence-electron chi connectivity index (χ1n) is 5.48. The van der Waals surface area contributed by atoms with E-state index in [2.05, 4.69) is 0 Å². The molecule has 6 heteroatoms. The lowest BCUT2D eigenvalue weighted by atomic mass is 10.2. The highest BCUT2D eigenvalue weighted by molar-refractivity contribution is 6.26. The van der Waals surface area contributed by atoms with Crippen LogP contribution in [0.2, 0.25) is 0 Å². The number of aliphatic hydroxyl groups excluding tert-OH is 1. The van der Waals surface area contributed by atoms with Gasteiger partial charge in [0.15, 0.2) is 0 Å². The summed E-state index contributed by atoms with van der Waals surface area (Å²) in [6.45, 7) is -0.428. The quantitative estimate of drug-likeness (QED) is 0.784. The third kappa shape index (κ3) is 2.10. The van der Waals surface area contributed by atoms with Gasteiger partial charge in [0.2, 0.25) is 11.8 Å². The number of rotatable bonds is 3. The van der Waals surface area contributed by atoms with E-state index in [4.69, 9.17) is 5.11 Å². The van der Waals surface area contributed by atoms with Gasteiger partial charge in [-0.2, -0.15) is 0 Å². The molecule has 1 aliphatic rings. The summed E-state index contributed by atoms with van der Waals surface area (Å²) < 4.78 is 0. The van der Waals surface area contributed by atoms with Crippen molar-refractivity contribution in [2.24, 2.45) is 0 Å². The molecule has 18 heavy (non-hydrogen) atoms. The zero-order valence-electron chi connectivity index (χ0n) is 9.57. The summed E-state index contributed by atoms with van der Waals surface area (Å²) in [5, 5.41) is 8.83. The van der Waals surface area contributed by atoms with Gasteiger partial charge in [0.25, 0.3) is 0 Å². The molecule has 0 radical (unpaired) electrons. The van der Waals surface area contributed by atoms with Crippen molar-refractivity contribution in [1.82, 2.24) is 4.90 Å². The normalized spacial score (nSPS) is 16.4. The number of benzene rings is 1. The van der Waals surface area contributed by atoms with Crippen molar-refractivity contribution >= 4 is 23.5 Å². The molecule has 0 aliphatic carbocycles. The molecule has 6 nitrogen and oxygen atoms in total. The SMILES string of the molecule is O=C1CC(=O)N(c2ccccc2)C(=O)N1CCO. The topological polar surface area (TPSA) is 77.9 Å². The molecule has 0 bridgehead atoms. The molecular formula is C12H12N2O4. The van der Waals surface area contributed by atoms with E-state index >= 15 is 0 Å². The number of carbonyl (C=O) groups is 3. The van der Waals surface area contributed by atoms with Crippen molar-refractivity contribution in [2.45, 2.75) is 6.42 Å². The maximum Gasteiger partial charge on any atom is 0.338 e. The van der Waals surface area contributed by atoms with Crippen LogP contribution >= 0.6 is 0 Å². The Kier molecular flexibility index (Phi) is 3.38. The van der Waals surface area contributed by atoms with Crippen LogP contribution in [0.5, 0.6) is 0 Å². The van der Waals surface area contributed by atoms with Crippen LogP contribution in [0.3, 0.4) is 0 Å². The van der Waals surface area contributed by atoms with Crippen molar-refractivity contribution in [3.63, 3.8) is 0 Å². The van der Waals surface area contributed by atoms with Gasteiger partial charge in [-0.15, -0.1) is 0 Å². The monoisotopic (exact) mass is 248 g/mol. The Hall–Kier alpha value is -2.21. The highest BCUT2D eigenvalue weighted by atomic mass is 16.3. The number of para-hydroxylation sites is 1. The second kappa shape index (κ2) is 4.97. The molecule has 1 aromatic rings. The Labute approximate surface area is 103 Å². The van der Waals surface area contributed by atoms with Gasteiger partial charge in [-0.05, 0) is 12.1 Å². The van der Waals surface area contributed by atoms with Gasteiger partial charge in [0.1, 0.15) is 6.42 Å². The van der Waals surface area contributed by atoms with E-state index in [1.54, 1.807) is 30.3 Å². The van der Waals surface area contributed by atoms with Crippen molar-refractivity contribution in [3.05, 3.63) is 30.3 Å². The summed E-state index contributed by atoms with van der Waals surface area (Å²) in [7, 11) is 0. The van der Waals surface area contributed by atoms with Crippen LogP contribution in [0.25, 0.3) is 0 Å². The Morgan fingerprint density at radius 1 is 1.06 bits per heavy atom. The van der Waals surface area contributed by atoms with Gasteiger partial charge in [-0.25, -0.2) is 9.69 Å². The Morgan fingerprint density at radius 2 is 1.72 bits per heavy atom. The summed E-state index contributed by atoms with van der Waals surface area (Å²) in [4.78, 5) is 37.2. The van der Waals surface area contributed by atoms with Crippen LogP contribution in [0.15, 0.2) is 30.3 Å². The summed E-state index contributed by atoms with van der Waals surface area (Å²) in [6, 6.07) is 7.67. The maximum atomic E-state index is 12.0. The zero-order valence-corrected chi connectivity index (χ0v) is 9.57. The van der Waals surface area contributed by atoms with Crippen molar-refractivity contribution in [3.8, 4) is 0 Å². The Morgan fingerprint density at radius 3 is 2.33 bits per heavy atom. The second-order valence-electron chi connectivity index (χ2n) is 3.79. The smallest absolute Gasteiger partial charge is 0.338 e. The van der Waals surface area contributed by atoms with Gasteiger partial charge in [0, 0.05) is 0 Å². The lowest BCUT2D eigenvalue weighted by Crippen LogP contribution is -2.56. The molecular weight excluding hydrogens is 236 g/mol. The number of aliphatic hydroxyl groups is 1. The molecule has 0 aromatic heterocycles. The predicted octanol–water partition coefficient (Wildman–Crippen LogP) is 0.364. The number of carbonyl (C=O) groups excluding carboxylic acids is 3. The number of urea groups is 1. The fourth-order valence-electron chi connectivity index (χ4n) is 1.79. The lowest BCUT2D eigenvalue weighted by Gasteiger charge is -2.32. The number of nitrogens with zero attached hydrogens (tertiary/aromatic N) is 2. The van der Waals surface area contributed by atoms with Crippen LogP contribution < -0.4 is 4.90 Å². The fraction of sp³-hybridized carbons (Fsp3) is 0.250. The van der Waals surface area contributed by atoms with Crippen molar-refractivity contribution in [1.29, 1.82) is 0 Å². The number of hydrogen-bond donors (Lipinski definition) is 1. The van der Waals surface area contributed by atoms with Gasteiger partial charge in [-0.3, -0.25) is 14.5 Å². The second-order valence-corrected chi connectivity index (χ2v) is 3.79. The molecule has 1 heterocycles. The first-order valence-corrected chi connectivity index (χ1v) is 5.48. The van der Waals surface area contributed by atoms with Crippen molar-refractivity contribution < 1.29 is 19.5 Å².